The van der Waals surface area contributed by atoms with Gasteiger partial charge < -0.3 is 4.42 Å². The summed E-state index contributed by atoms with van der Waals surface area (Å²) in [6, 6.07) is 16.4. The molecule has 0 bridgehead atoms. The maximum absolute atomic E-state index is 12.0. The summed E-state index contributed by atoms with van der Waals surface area (Å²) < 4.78 is 32.0. The van der Waals surface area contributed by atoms with E-state index in [0.29, 0.717) is 23.0 Å². The van der Waals surface area contributed by atoms with E-state index in [0.717, 1.165) is 16.5 Å². The highest BCUT2D eigenvalue weighted by Crippen LogP contribution is 2.18. The number of hydrogen-bond donors (Lipinski definition) is 1. The van der Waals surface area contributed by atoms with Crippen molar-refractivity contribution in [1.82, 2.24) is 9.71 Å². The van der Waals surface area contributed by atoms with Gasteiger partial charge in [-0.3, -0.25) is 0 Å². The summed E-state index contributed by atoms with van der Waals surface area (Å²) >= 11 is 5.80. The minimum Gasteiger partial charge on any atom is -0.444 e. The average molecular weight is 389 g/mol. The molecule has 2 aromatic carbocycles. The molecule has 0 fully saturated rings. The molecule has 3 rings (SSSR count). The van der Waals surface area contributed by atoms with Crippen molar-refractivity contribution in [3.05, 3.63) is 82.5 Å². The number of halogens is 1. The summed E-state index contributed by atoms with van der Waals surface area (Å²) in [6.07, 6.45) is 3.49. The van der Waals surface area contributed by atoms with Crippen LogP contribution in [0.1, 0.15) is 11.3 Å². The maximum Gasteiger partial charge on any atom is 0.233 e. The van der Waals surface area contributed by atoms with Gasteiger partial charge in [0.1, 0.15) is 6.26 Å². The lowest BCUT2D eigenvalue weighted by Crippen LogP contribution is -2.23. The quantitative estimate of drug-likeness (QED) is 0.660. The van der Waals surface area contributed by atoms with Gasteiger partial charge in [0.25, 0.3) is 0 Å². The standard InChI is InChI=1S/C19H17ClN2O3S/c20-17-8-6-15(7-9-17)11-13-26(23,24)21-12-10-18-14-25-19(22-18)16-4-2-1-3-5-16/h1-9,11,13-14,21H,10,12H2/b13-11+. The zero-order chi connectivity index (χ0) is 18.4. The Hall–Kier alpha value is -2.41. The van der Waals surface area contributed by atoms with Crippen molar-refractivity contribution in [2.45, 2.75) is 6.42 Å². The highest BCUT2D eigenvalue weighted by molar-refractivity contribution is 7.92. The zero-order valence-electron chi connectivity index (χ0n) is 13.8. The van der Waals surface area contributed by atoms with E-state index >= 15 is 0 Å². The number of sulfonamides is 1. The molecule has 0 aliphatic carbocycles. The molecule has 3 aromatic rings. The van der Waals surface area contributed by atoms with Gasteiger partial charge in [0, 0.05) is 29.0 Å². The molecule has 1 heterocycles. The maximum atomic E-state index is 12.0. The highest BCUT2D eigenvalue weighted by Gasteiger charge is 2.08. The molecule has 0 spiro atoms. The Kier molecular flexibility index (Phi) is 5.88. The van der Waals surface area contributed by atoms with Crippen LogP contribution in [-0.4, -0.2) is 19.9 Å². The van der Waals surface area contributed by atoms with Gasteiger partial charge in [-0.15, -0.1) is 0 Å². The zero-order valence-corrected chi connectivity index (χ0v) is 15.4. The van der Waals surface area contributed by atoms with Gasteiger partial charge in [0.05, 0.1) is 5.69 Å². The first-order chi connectivity index (χ1) is 12.5. The van der Waals surface area contributed by atoms with Crippen molar-refractivity contribution in [1.29, 1.82) is 0 Å². The van der Waals surface area contributed by atoms with E-state index in [1.54, 1.807) is 30.5 Å². The summed E-state index contributed by atoms with van der Waals surface area (Å²) in [4.78, 5) is 4.37. The molecule has 1 aromatic heterocycles. The van der Waals surface area contributed by atoms with Gasteiger partial charge in [-0.2, -0.15) is 0 Å². The predicted octanol–water partition coefficient (Wildman–Crippen LogP) is 4.13. The molecule has 0 aliphatic rings. The van der Waals surface area contributed by atoms with Crippen LogP contribution < -0.4 is 4.72 Å². The molecule has 0 saturated heterocycles. The fourth-order valence-corrected chi connectivity index (χ4v) is 3.19. The molecule has 0 aliphatic heterocycles. The lowest BCUT2D eigenvalue weighted by atomic mass is 10.2. The van der Waals surface area contributed by atoms with E-state index in [1.165, 1.54) is 6.08 Å². The van der Waals surface area contributed by atoms with Crippen LogP contribution >= 0.6 is 11.6 Å². The number of nitrogens with one attached hydrogen (secondary N) is 1. The second kappa shape index (κ2) is 8.31. The Morgan fingerprint density at radius 1 is 1.08 bits per heavy atom. The number of hydrogen-bond acceptors (Lipinski definition) is 4. The summed E-state index contributed by atoms with van der Waals surface area (Å²) in [6.45, 7) is 0.230. The Morgan fingerprint density at radius 2 is 1.81 bits per heavy atom. The van der Waals surface area contributed by atoms with Crippen molar-refractivity contribution in [3.63, 3.8) is 0 Å². The van der Waals surface area contributed by atoms with Gasteiger partial charge in [-0.05, 0) is 35.9 Å². The predicted molar refractivity (Wildman–Crippen MR) is 103 cm³/mol. The third-order valence-electron chi connectivity index (χ3n) is 3.57. The van der Waals surface area contributed by atoms with Crippen LogP contribution in [0.15, 0.2) is 70.7 Å². The minimum atomic E-state index is -3.53. The summed E-state index contributed by atoms with van der Waals surface area (Å²) in [7, 11) is -3.53. The van der Waals surface area contributed by atoms with Gasteiger partial charge in [-0.25, -0.2) is 18.1 Å². The van der Waals surface area contributed by atoms with Gasteiger partial charge in [0.15, 0.2) is 0 Å². The van der Waals surface area contributed by atoms with Crippen LogP contribution in [0.5, 0.6) is 0 Å². The summed E-state index contributed by atoms with van der Waals surface area (Å²) in [5.74, 6) is 0.520. The van der Waals surface area contributed by atoms with Gasteiger partial charge >= 0.3 is 0 Å². The van der Waals surface area contributed by atoms with Crippen molar-refractivity contribution >= 4 is 27.7 Å². The largest absolute Gasteiger partial charge is 0.444 e. The van der Waals surface area contributed by atoms with E-state index in [2.05, 4.69) is 9.71 Å². The molecule has 26 heavy (non-hydrogen) atoms. The first-order valence-electron chi connectivity index (χ1n) is 7.95. The van der Waals surface area contributed by atoms with Crippen LogP contribution in [0.4, 0.5) is 0 Å². The lowest BCUT2D eigenvalue weighted by molar-refractivity contribution is 0.571. The summed E-state index contributed by atoms with van der Waals surface area (Å²) in [5, 5.41) is 1.74. The van der Waals surface area contributed by atoms with Crippen LogP contribution in [0.2, 0.25) is 5.02 Å². The molecular weight excluding hydrogens is 372 g/mol. The Morgan fingerprint density at radius 3 is 2.54 bits per heavy atom. The van der Waals surface area contributed by atoms with Crippen molar-refractivity contribution in [2.24, 2.45) is 0 Å². The fraction of sp³-hybridized carbons (Fsp3) is 0.105. The third-order valence-corrected chi connectivity index (χ3v) is 4.92. The minimum absolute atomic E-state index is 0.230. The van der Waals surface area contributed by atoms with Crippen LogP contribution in [0.3, 0.4) is 0 Å². The summed E-state index contributed by atoms with van der Waals surface area (Å²) in [5.41, 5.74) is 2.32. The second-order valence-electron chi connectivity index (χ2n) is 5.55. The van der Waals surface area contributed by atoms with E-state index in [-0.39, 0.29) is 6.54 Å². The van der Waals surface area contributed by atoms with E-state index in [4.69, 9.17) is 16.0 Å². The normalized spacial score (nSPS) is 11.9. The highest BCUT2D eigenvalue weighted by atomic mass is 35.5. The fourth-order valence-electron chi connectivity index (χ4n) is 2.25. The SMILES string of the molecule is O=S(=O)(/C=C/c1ccc(Cl)cc1)NCCc1coc(-c2ccccc2)n1. The van der Waals surface area contributed by atoms with Gasteiger partial charge in [0.2, 0.25) is 15.9 Å². The molecular formula is C19H17ClN2O3S. The monoisotopic (exact) mass is 388 g/mol. The smallest absolute Gasteiger partial charge is 0.233 e. The average Bonchev–Trinajstić information content (AvgIpc) is 3.11. The number of rotatable bonds is 7. The first kappa shape index (κ1) is 18.4. The van der Waals surface area contributed by atoms with E-state index in [9.17, 15) is 8.42 Å². The molecule has 0 unspecified atom stereocenters. The van der Waals surface area contributed by atoms with Crippen molar-refractivity contribution < 1.29 is 12.8 Å². The topological polar surface area (TPSA) is 72.2 Å². The Balaban J connectivity index is 1.54. The number of aromatic nitrogens is 1. The Bertz CT molecular complexity index is 981. The van der Waals surface area contributed by atoms with Crippen molar-refractivity contribution in [3.8, 4) is 11.5 Å². The van der Waals surface area contributed by atoms with Crippen LogP contribution in [0, 0.1) is 0 Å². The van der Waals surface area contributed by atoms with E-state index in [1.807, 2.05) is 30.3 Å². The molecule has 0 radical (unpaired) electrons. The molecule has 0 atom stereocenters. The first-order valence-corrected chi connectivity index (χ1v) is 9.87. The third kappa shape index (κ3) is 5.29. The second-order valence-corrected chi connectivity index (χ2v) is 7.64. The molecule has 7 heteroatoms. The number of nitrogens with zero attached hydrogens (tertiary/aromatic N) is 1. The Labute approximate surface area is 157 Å². The van der Waals surface area contributed by atoms with Crippen LogP contribution in [-0.2, 0) is 16.4 Å². The number of benzene rings is 2. The molecule has 0 amide bonds. The molecule has 0 saturated carbocycles. The van der Waals surface area contributed by atoms with E-state index < -0.39 is 10.0 Å². The molecule has 134 valence electrons. The molecule has 5 nitrogen and oxygen atoms in total. The van der Waals surface area contributed by atoms with Gasteiger partial charge in [-0.1, -0.05) is 41.9 Å². The van der Waals surface area contributed by atoms with Crippen molar-refractivity contribution in [2.75, 3.05) is 6.54 Å². The van der Waals surface area contributed by atoms with Crippen LogP contribution in [0.25, 0.3) is 17.5 Å². The molecule has 1 N–H and O–H groups in total. The lowest BCUT2D eigenvalue weighted by Gasteiger charge is -2.01. The number of oxazole rings is 1.